The largest absolute Gasteiger partial charge is 0.507 e. The number of sulfonamides is 1. The van der Waals surface area contributed by atoms with Crippen LogP contribution in [0.25, 0.3) is 5.76 Å². The average Bonchev–Trinajstić information content (AvgIpc) is 3.04. The van der Waals surface area contributed by atoms with Crippen LogP contribution in [0, 0.1) is 0 Å². The second-order valence-electron chi connectivity index (χ2n) is 7.70. The molecule has 2 aromatic carbocycles. The van der Waals surface area contributed by atoms with Gasteiger partial charge in [0.2, 0.25) is 10.0 Å². The van der Waals surface area contributed by atoms with Crippen molar-refractivity contribution in [3.8, 4) is 0 Å². The topological polar surface area (TPSA) is 104 Å². The molecule has 0 spiro atoms. The van der Waals surface area contributed by atoms with E-state index in [4.69, 9.17) is 16.3 Å². The normalized spacial score (nSPS) is 18.3. The lowest BCUT2D eigenvalue weighted by atomic mass is 9.95. The van der Waals surface area contributed by atoms with Gasteiger partial charge >= 0.3 is 0 Å². The van der Waals surface area contributed by atoms with Crippen molar-refractivity contribution in [2.75, 3.05) is 34.4 Å². The number of aliphatic hydroxyl groups excluding tert-OH is 1. The molecule has 1 amide bonds. The second kappa shape index (κ2) is 10.0. The van der Waals surface area contributed by atoms with Gasteiger partial charge in [0, 0.05) is 44.9 Å². The standard InChI is InChI=1S/C23H25ClN2O6S/c1-25(2)33(30,31)18-11-7-16(8-12-18)21(27)19-20(15-5-9-17(24)10-6-15)26(13-4-14-32-3)23(29)22(19)28/h5-12,20,27H,4,13-14H2,1-3H3/b21-19+. The van der Waals surface area contributed by atoms with Crippen LogP contribution in [-0.2, 0) is 24.3 Å². The van der Waals surface area contributed by atoms with Crippen molar-refractivity contribution >= 4 is 39.1 Å². The third-order valence-electron chi connectivity index (χ3n) is 5.38. The summed E-state index contributed by atoms with van der Waals surface area (Å²) in [6.45, 7) is 0.653. The molecular weight excluding hydrogens is 468 g/mol. The summed E-state index contributed by atoms with van der Waals surface area (Å²) < 4.78 is 30.8. The van der Waals surface area contributed by atoms with Crippen LogP contribution in [0.5, 0.6) is 0 Å². The molecule has 33 heavy (non-hydrogen) atoms. The van der Waals surface area contributed by atoms with Crippen molar-refractivity contribution < 1.29 is 27.9 Å². The predicted molar refractivity (Wildman–Crippen MR) is 124 cm³/mol. The molecule has 1 atom stereocenters. The van der Waals surface area contributed by atoms with Crippen LogP contribution >= 0.6 is 11.6 Å². The first kappa shape index (κ1) is 24.9. The maximum absolute atomic E-state index is 13.0. The van der Waals surface area contributed by atoms with E-state index in [0.717, 1.165) is 4.31 Å². The van der Waals surface area contributed by atoms with Crippen molar-refractivity contribution in [1.29, 1.82) is 0 Å². The monoisotopic (exact) mass is 492 g/mol. The number of ketones is 1. The van der Waals surface area contributed by atoms with E-state index in [1.165, 1.54) is 43.3 Å². The number of nitrogens with zero attached hydrogens (tertiary/aromatic N) is 2. The van der Waals surface area contributed by atoms with Crippen LogP contribution in [0.3, 0.4) is 0 Å². The van der Waals surface area contributed by atoms with Crippen LogP contribution < -0.4 is 0 Å². The summed E-state index contributed by atoms with van der Waals surface area (Å²) in [5, 5.41) is 11.5. The van der Waals surface area contributed by atoms with E-state index in [9.17, 15) is 23.1 Å². The number of aliphatic hydroxyl groups is 1. The van der Waals surface area contributed by atoms with Crippen molar-refractivity contribution in [3.05, 3.63) is 70.3 Å². The summed E-state index contributed by atoms with van der Waals surface area (Å²) in [6.07, 6.45) is 0.505. The van der Waals surface area contributed by atoms with Gasteiger partial charge in [-0.2, -0.15) is 0 Å². The summed E-state index contributed by atoms with van der Waals surface area (Å²) in [5.74, 6) is -1.91. The highest BCUT2D eigenvalue weighted by Crippen LogP contribution is 2.39. The summed E-state index contributed by atoms with van der Waals surface area (Å²) in [5.41, 5.74) is 0.772. The van der Waals surface area contributed by atoms with Gasteiger partial charge in [-0.1, -0.05) is 23.7 Å². The Balaban J connectivity index is 2.09. The van der Waals surface area contributed by atoms with Crippen LogP contribution in [0.15, 0.2) is 59.0 Å². The van der Waals surface area contributed by atoms with Crippen LogP contribution in [0.2, 0.25) is 5.02 Å². The Labute approximate surface area is 198 Å². The van der Waals surface area contributed by atoms with Gasteiger partial charge < -0.3 is 14.7 Å². The van der Waals surface area contributed by atoms with Crippen molar-refractivity contribution in [3.63, 3.8) is 0 Å². The number of amides is 1. The lowest BCUT2D eigenvalue weighted by Gasteiger charge is -2.25. The smallest absolute Gasteiger partial charge is 0.295 e. The van der Waals surface area contributed by atoms with Crippen LogP contribution in [0.4, 0.5) is 0 Å². The molecular formula is C23H25ClN2O6S. The first-order valence-corrected chi connectivity index (χ1v) is 12.0. The first-order chi connectivity index (χ1) is 15.6. The Hall–Kier alpha value is -2.72. The van der Waals surface area contributed by atoms with E-state index in [1.54, 1.807) is 31.4 Å². The first-order valence-electron chi connectivity index (χ1n) is 10.2. The molecule has 0 aliphatic carbocycles. The summed E-state index contributed by atoms with van der Waals surface area (Å²) in [4.78, 5) is 27.2. The number of halogens is 1. The maximum Gasteiger partial charge on any atom is 0.295 e. The number of hydrogen-bond acceptors (Lipinski definition) is 6. The molecule has 1 aliphatic heterocycles. The lowest BCUT2D eigenvalue weighted by molar-refractivity contribution is -0.140. The van der Waals surface area contributed by atoms with Gasteiger partial charge in [-0.15, -0.1) is 0 Å². The fraction of sp³-hybridized carbons (Fsp3) is 0.304. The minimum Gasteiger partial charge on any atom is -0.507 e. The number of ether oxygens (including phenoxy) is 1. The zero-order valence-electron chi connectivity index (χ0n) is 18.5. The number of benzene rings is 2. The van der Waals surface area contributed by atoms with Gasteiger partial charge in [-0.05, 0) is 48.4 Å². The molecule has 1 unspecified atom stereocenters. The van der Waals surface area contributed by atoms with E-state index in [-0.39, 0.29) is 28.3 Å². The molecule has 0 radical (unpaired) electrons. The molecule has 1 fully saturated rings. The second-order valence-corrected chi connectivity index (χ2v) is 10.3. The lowest BCUT2D eigenvalue weighted by Crippen LogP contribution is -2.31. The fourth-order valence-corrected chi connectivity index (χ4v) is 4.66. The van der Waals surface area contributed by atoms with Gasteiger partial charge in [0.1, 0.15) is 5.76 Å². The Morgan fingerprint density at radius 1 is 1.09 bits per heavy atom. The van der Waals surface area contributed by atoms with Crippen molar-refractivity contribution in [2.24, 2.45) is 0 Å². The van der Waals surface area contributed by atoms with Gasteiger partial charge in [0.05, 0.1) is 16.5 Å². The minimum atomic E-state index is -3.66. The number of carbonyl (C=O) groups is 2. The van der Waals surface area contributed by atoms with E-state index < -0.39 is 27.8 Å². The molecule has 8 nitrogen and oxygen atoms in total. The zero-order chi connectivity index (χ0) is 24.3. The molecule has 3 rings (SSSR count). The molecule has 0 saturated carbocycles. The molecule has 0 bridgehead atoms. The molecule has 0 aromatic heterocycles. The summed E-state index contributed by atoms with van der Waals surface area (Å²) in [7, 11) is 0.725. The Morgan fingerprint density at radius 3 is 2.24 bits per heavy atom. The fourth-order valence-electron chi connectivity index (χ4n) is 3.63. The SMILES string of the molecule is COCCCN1C(=O)C(=O)/C(=C(/O)c2ccc(S(=O)(=O)N(C)C)cc2)C1c1ccc(Cl)cc1. The van der Waals surface area contributed by atoms with Gasteiger partial charge in [0.25, 0.3) is 11.7 Å². The van der Waals surface area contributed by atoms with Gasteiger partial charge in [-0.25, -0.2) is 12.7 Å². The number of carbonyl (C=O) groups excluding carboxylic acids is 2. The Kier molecular flexibility index (Phi) is 7.58. The highest BCUT2D eigenvalue weighted by Gasteiger charge is 2.45. The predicted octanol–water partition coefficient (Wildman–Crippen LogP) is 3.05. The molecule has 2 aromatic rings. The molecule has 1 N–H and O–H groups in total. The number of hydrogen-bond donors (Lipinski definition) is 1. The van der Waals surface area contributed by atoms with Crippen molar-refractivity contribution in [1.82, 2.24) is 9.21 Å². The van der Waals surface area contributed by atoms with Crippen LogP contribution in [0.1, 0.15) is 23.6 Å². The number of likely N-dealkylation sites (tertiary alicyclic amines) is 1. The zero-order valence-corrected chi connectivity index (χ0v) is 20.1. The van der Waals surface area contributed by atoms with Crippen LogP contribution in [-0.4, -0.2) is 68.8 Å². The highest BCUT2D eigenvalue weighted by atomic mass is 35.5. The molecule has 1 aliphatic rings. The quantitative estimate of drug-likeness (QED) is 0.263. The van der Waals surface area contributed by atoms with Gasteiger partial charge in [-0.3, -0.25) is 9.59 Å². The Morgan fingerprint density at radius 2 is 1.70 bits per heavy atom. The summed E-state index contributed by atoms with van der Waals surface area (Å²) >= 11 is 6.01. The highest BCUT2D eigenvalue weighted by molar-refractivity contribution is 7.89. The molecule has 176 valence electrons. The van der Waals surface area contributed by atoms with E-state index >= 15 is 0 Å². The Bertz CT molecular complexity index is 1170. The number of rotatable bonds is 8. The maximum atomic E-state index is 13.0. The molecule has 1 heterocycles. The molecule has 10 heteroatoms. The summed E-state index contributed by atoms with van der Waals surface area (Å²) in [6, 6.07) is 11.4. The van der Waals surface area contributed by atoms with Crippen molar-refractivity contribution in [2.45, 2.75) is 17.4 Å². The number of Topliss-reactive ketones (excluding diaryl/α,β-unsaturated/α-hetero) is 1. The van der Waals surface area contributed by atoms with E-state index in [2.05, 4.69) is 0 Å². The number of methoxy groups -OCH3 is 1. The third-order valence-corrected chi connectivity index (χ3v) is 7.46. The third kappa shape index (κ3) is 4.96. The van der Waals surface area contributed by atoms with E-state index in [1.807, 2.05) is 0 Å². The van der Waals surface area contributed by atoms with E-state index in [0.29, 0.717) is 23.6 Å². The average molecular weight is 493 g/mol. The minimum absolute atomic E-state index is 0.0401. The van der Waals surface area contributed by atoms with Gasteiger partial charge in [0.15, 0.2) is 0 Å². The molecule has 1 saturated heterocycles.